The molecule has 2 N–H and O–H groups in total. The van der Waals surface area contributed by atoms with Gasteiger partial charge < -0.3 is 9.84 Å². The number of rotatable bonds is 7. The van der Waals surface area contributed by atoms with Crippen LogP contribution in [-0.4, -0.2) is 35.7 Å². The van der Waals surface area contributed by atoms with E-state index in [9.17, 15) is 14.7 Å². The van der Waals surface area contributed by atoms with Crippen LogP contribution in [0.25, 0.3) is 0 Å². The van der Waals surface area contributed by atoms with E-state index in [0.29, 0.717) is 12.3 Å². The second kappa shape index (κ2) is 6.59. The summed E-state index contributed by atoms with van der Waals surface area (Å²) < 4.78 is 4.57. The van der Waals surface area contributed by atoms with E-state index in [0.717, 1.165) is 6.42 Å². The Hall–Kier alpha value is -1.10. The fourth-order valence-electron chi connectivity index (χ4n) is 1.53. The molecule has 0 aromatic rings. The molecule has 0 heterocycles. The molecule has 0 radical (unpaired) electrons. The van der Waals surface area contributed by atoms with Crippen LogP contribution in [0.5, 0.6) is 0 Å². The van der Waals surface area contributed by atoms with Crippen molar-refractivity contribution in [3.05, 3.63) is 0 Å². The average molecular weight is 245 g/mol. The van der Waals surface area contributed by atoms with E-state index in [1.165, 1.54) is 7.11 Å². The Bertz CT molecular complexity index is 278. The summed E-state index contributed by atoms with van der Waals surface area (Å²) in [4.78, 5) is 22.5. The molecule has 5 heteroatoms. The van der Waals surface area contributed by atoms with Gasteiger partial charge in [-0.15, -0.1) is 0 Å². The molecule has 0 saturated heterocycles. The second-order valence-corrected chi connectivity index (χ2v) is 4.96. The van der Waals surface area contributed by atoms with Crippen LogP contribution in [0.1, 0.15) is 40.5 Å². The van der Waals surface area contributed by atoms with Crippen LogP contribution in [0.2, 0.25) is 0 Å². The number of hydrogen-bond donors (Lipinski definition) is 2. The van der Waals surface area contributed by atoms with Gasteiger partial charge in [0, 0.05) is 0 Å². The van der Waals surface area contributed by atoms with Gasteiger partial charge in [-0.1, -0.05) is 13.8 Å². The van der Waals surface area contributed by atoms with Crippen molar-refractivity contribution in [2.45, 2.75) is 52.1 Å². The first kappa shape index (κ1) is 15.9. The maximum absolute atomic E-state index is 11.3. The van der Waals surface area contributed by atoms with Gasteiger partial charge in [0.25, 0.3) is 0 Å². The maximum atomic E-state index is 11.3. The molecule has 0 aliphatic rings. The fourth-order valence-corrected chi connectivity index (χ4v) is 1.53. The predicted octanol–water partition coefficient (Wildman–Crippen LogP) is 1.42. The molecular formula is C12H23NO4. The number of carbonyl (C=O) groups excluding carboxylic acids is 1. The molecule has 5 nitrogen and oxygen atoms in total. The summed E-state index contributed by atoms with van der Waals surface area (Å²) in [5, 5.41) is 12.1. The van der Waals surface area contributed by atoms with Gasteiger partial charge in [-0.2, -0.15) is 0 Å². The number of nitrogens with one attached hydrogen (secondary N) is 1. The molecule has 0 rings (SSSR count). The van der Waals surface area contributed by atoms with Crippen molar-refractivity contribution in [3.63, 3.8) is 0 Å². The summed E-state index contributed by atoms with van der Waals surface area (Å²) in [6.45, 7) is 7.26. The average Bonchev–Trinajstić information content (AvgIpc) is 2.24. The molecule has 100 valence electrons. The lowest BCUT2D eigenvalue weighted by atomic mass is 9.91. The maximum Gasteiger partial charge on any atom is 0.323 e. The Morgan fingerprint density at radius 3 is 2.24 bits per heavy atom. The van der Waals surface area contributed by atoms with E-state index in [1.54, 1.807) is 13.8 Å². The molecule has 17 heavy (non-hydrogen) atoms. The zero-order chi connectivity index (χ0) is 13.6. The summed E-state index contributed by atoms with van der Waals surface area (Å²) >= 11 is 0. The molecule has 0 saturated carbocycles. The third-order valence-corrected chi connectivity index (χ3v) is 2.78. The minimum Gasteiger partial charge on any atom is -0.480 e. The molecule has 0 aromatic carbocycles. The zero-order valence-corrected chi connectivity index (χ0v) is 11.2. The topological polar surface area (TPSA) is 75.6 Å². The number of methoxy groups -OCH3 is 1. The van der Waals surface area contributed by atoms with Crippen molar-refractivity contribution in [1.29, 1.82) is 0 Å². The summed E-state index contributed by atoms with van der Waals surface area (Å²) in [7, 11) is 1.28. The first-order chi connectivity index (χ1) is 7.73. The van der Waals surface area contributed by atoms with Gasteiger partial charge in [0.1, 0.15) is 11.6 Å². The van der Waals surface area contributed by atoms with Crippen LogP contribution in [0.4, 0.5) is 0 Å². The fraction of sp³-hybridized carbons (Fsp3) is 0.833. The number of hydrogen-bond acceptors (Lipinski definition) is 4. The summed E-state index contributed by atoms with van der Waals surface area (Å²) in [6, 6.07) is -0.631. The van der Waals surface area contributed by atoms with Gasteiger partial charge >= 0.3 is 11.9 Å². The van der Waals surface area contributed by atoms with E-state index < -0.39 is 23.5 Å². The lowest BCUT2D eigenvalue weighted by molar-refractivity contribution is -0.148. The Morgan fingerprint density at radius 1 is 1.35 bits per heavy atom. The smallest absolute Gasteiger partial charge is 0.323 e. The van der Waals surface area contributed by atoms with Gasteiger partial charge in [0.05, 0.1) is 7.11 Å². The number of ether oxygens (including phenoxy) is 1. The second-order valence-electron chi connectivity index (χ2n) is 4.96. The summed E-state index contributed by atoms with van der Waals surface area (Å²) in [5.41, 5.74) is -1.10. The quantitative estimate of drug-likeness (QED) is 0.663. The van der Waals surface area contributed by atoms with E-state index in [4.69, 9.17) is 0 Å². The molecule has 0 aliphatic carbocycles. The van der Waals surface area contributed by atoms with Crippen LogP contribution < -0.4 is 5.32 Å². The molecule has 0 amide bonds. The van der Waals surface area contributed by atoms with Gasteiger partial charge in [-0.25, -0.2) is 0 Å². The highest BCUT2D eigenvalue weighted by Crippen LogP contribution is 2.18. The third kappa shape index (κ3) is 5.17. The van der Waals surface area contributed by atoms with Crippen LogP contribution >= 0.6 is 0 Å². The normalized spacial score (nSPS) is 16.4. The highest BCUT2D eigenvalue weighted by molar-refractivity contribution is 5.81. The third-order valence-electron chi connectivity index (χ3n) is 2.78. The first-order valence-corrected chi connectivity index (χ1v) is 5.82. The molecule has 2 atom stereocenters. The molecule has 0 fully saturated rings. The zero-order valence-electron chi connectivity index (χ0n) is 11.2. The van der Waals surface area contributed by atoms with Crippen molar-refractivity contribution < 1.29 is 19.4 Å². The minimum absolute atomic E-state index is 0.420. The van der Waals surface area contributed by atoms with E-state index in [-0.39, 0.29) is 0 Å². The van der Waals surface area contributed by atoms with Crippen molar-refractivity contribution in [3.8, 4) is 0 Å². The van der Waals surface area contributed by atoms with Crippen molar-refractivity contribution in [2.75, 3.05) is 7.11 Å². The van der Waals surface area contributed by atoms with Gasteiger partial charge in [-0.05, 0) is 32.6 Å². The number of carbonyl (C=O) groups is 2. The van der Waals surface area contributed by atoms with Crippen LogP contribution in [0.3, 0.4) is 0 Å². The number of esters is 1. The Balaban J connectivity index is 4.61. The lowest BCUT2D eigenvalue weighted by Gasteiger charge is -2.29. The first-order valence-electron chi connectivity index (χ1n) is 5.82. The highest BCUT2D eigenvalue weighted by Gasteiger charge is 2.35. The largest absolute Gasteiger partial charge is 0.480 e. The van der Waals surface area contributed by atoms with Crippen LogP contribution in [-0.2, 0) is 14.3 Å². The summed E-state index contributed by atoms with van der Waals surface area (Å²) in [5.74, 6) is -0.986. The predicted molar refractivity (Wildman–Crippen MR) is 64.7 cm³/mol. The molecular weight excluding hydrogens is 222 g/mol. The van der Waals surface area contributed by atoms with Gasteiger partial charge in [0.2, 0.25) is 0 Å². The Morgan fingerprint density at radius 2 is 1.88 bits per heavy atom. The summed E-state index contributed by atoms with van der Waals surface area (Å²) in [6.07, 6.45) is 1.25. The molecule has 2 unspecified atom stereocenters. The van der Waals surface area contributed by atoms with Crippen molar-refractivity contribution in [1.82, 2.24) is 5.32 Å². The van der Waals surface area contributed by atoms with Crippen LogP contribution in [0, 0.1) is 5.92 Å². The van der Waals surface area contributed by atoms with E-state index in [1.807, 2.05) is 13.8 Å². The molecule has 0 aromatic heterocycles. The molecule has 0 aliphatic heterocycles. The van der Waals surface area contributed by atoms with Gasteiger partial charge in [-0.3, -0.25) is 14.9 Å². The number of aliphatic carboxylic acids is 1. The van der Waals surface area contributed by atoms with Crippen LogP contribution in [0.15, 0.2) is 0 Å². The number of carboxylic acid groups (broad SMARTS) is 1. The SMILES string of the molecule is COC(=O)C(C)NC(C)(CCC(C)C)C(=O)O. The van der Waals surface area contributed by atoms with Crippen molar-refractivity contribution >= 4 is 11.9 Å². The van der Waals surface area contributed by atoms with Gasteiger partial charge in [0.15, 0.2) is 0 Å². The van der Waals surface area contributed by atoms with Crippen molar-refractivity contribution in [2.24, 2.45) is 5.92 Å². The highest BCUT2D eigenvalue weighted by atomic mass is 16.5. The van der Waals surface area contributed by atoms with E-state index in [2.05, 4.69) is 10.1 Å². The minimum atomic E-state index is -1.10. The lowest BCUT2D eigenvalue weighted by Crippen LogP contribution is -2.55. The Labute approximate surface area is 103 Å². The molecule has 0 bridgehead atoms. The standard InChI is InChI=1S/C12H23NO4/c1-8(2)6-7-12(4,11(15)16)13-9(3)10(14)17-5/h8-9,13H,6-7H2,1-5H3,(H,15,16). The monoisotopic (exact) mass is 245 g/mol. The number of carboxylic acids is 1. The van der Waals surface area contributed by atoms with E-state index >= 15 is 0 Å². The Kier molecular flexibility index (Phi) is 6.16. The molecule has 0 spiro atoms.